The number of nitrogens with one attached hydrogen (secondary N) is 1. The third kappa shape index (κ3) is 4.24. The zero-order valence-electron chi connectivity index (χ0n) is 16.8. The van der Waals surface area contributed by atoms with E-state index in [-0.39, 0.29) is 10.8 Å². The van der Waals surface area contributed by atoms with Crippen LogP contribution in [-0.2, 0) is 10.0 Å². The molecule has 28 heavy (non-hydrogen) atoms. The summed E-state index contributed by atoms with van der Waals surface area (Å²) in [5, 5.41) is 2.91. The van der Waals surface area contributed by atoms with Crippen LogP contribution in [0.1, 0.15) is 39.4 Å². The number of hydrogen-bond donors (Lipinski definition) is 1. The van der Waals surface area contributed by atoms with E-state index in [2.05, 4.69) is 5.32 Å². The molecule has 1 aliphatic heterocycles. The van der Waals surface area contributed by atoms with Crippen LogP contribution in [0.15, 0.2) is 29.2 Å². The van der Waals surface area contributed by atoms with Gasteiger partial charge in [0.25, 0.3) is 5.91 Å². The van der Waals surface area contributed by atoms with Gasteiger partial charge in [0, 0.05) is 32.1 Å². The van der Waals surface area contributed by atoms with E-state index in [0.29, 0.717) is 23.7 Å². The maximum Gasteiger partial charge on any atom is 0.265 e. The maximum atomic E-state index is 13.0. The van der Waals surface area contributed by atoms with Crippen molar-refractivity contribution in [3.05, 3.63) is 39.6 Å². The minimum Gasteiger partial charge on any atom is -0.376 e. The molecule has 3 rings (SSSR count). The third-order valence-corrected chi connectivity index (χ3v) is 8.09. The molecule has 0 saturated carbocycles. The molecule has 1 N–H and O–H groups in total. The summed E-state index contributed by atoms with van der Waals surface area (Å²) in [4.78, 5) is 16.5. The lowest BCUT2D eigenvalue weighted by atomic mass is 10.2. The van der Waals surface area contributed by atoms with Crippen molar-refractivity contribution in [2.24, 2.45) is 0 Å². The molecule has 2 heterocycles. The largest absolute Gasteiger partial charge is 0.376 e. The second-order valence-electron chi connectivity index (χ2n) is 7.34. The van der Waals surface area contributed by atoms with Gasteiger partial charge in [-0.3, -0.25) is 4.79 Å². The van der Waals surface area contributed by atoms with Crippen molar-refractivity contribution < 1.29 is 13.2 Å². The van der Waals surface area contributed by atoms with Gasteiger partial charge in [0.15, 0.2) is 0 Å². The van der Waals surface area contributed by atoms with Crippen LogP contribution in [0.5, 0.6) is 0 Å². The van der Waals surface area contributed by atoms with Crippen molar-refractivity contribution in [3.63, 3.8) is 0 Å². The molecule has 0 radical (unpaired) electrons. The van der Waals surface area contributed by atoms with Gasteiger partial charge in [0.1, 0.15) is 0 Å². The van der Waals surface area contributed by atoms with Crippen LogP contribution in [0, 0.1) is 13.8 Å². The lowest BCUT2D eigenvalue weighted by Crippen LogP contribution is -2.35. The number of carbonyl (C=O) groups is 1. The number of carbonyl (C=O) groups excluding carboxylic acids is 1. The molecule has 0 aliphatic carbocycles. The van der Waals surface area contributed by atoms with Crippen molar-refractivity contribution >= 4 is 38.6 Å². The van der Waals surface area contributed by atoms with Gasteiger partial charge in [0.05, 0.1) is 21.1 Å². The van der Waals surface area contributed by atoms with E-state index in [1.54, 1.807) is 22.5 Å². The topological polar surface area (TPSA) is 69.7 Å². The van der Waals surface area contributed by atoms with Crippen LogP contribution in [0.25, 0.3) is 0 Å². The van der Waals surface area contributed by atoms with Crippen molar-refractivity contribution in [1.82, 2.24) is 4.31 Å². The standard InChI is InChI=1S/C20H27N3O3S2/c1-14-12-19(27-15(14)2)20(24)21-17-13-16(8-9-18(17)22(3)4)28(25,26)23-10-6-5-7-11-23/h8-9,12-13H,5-7,10-11H2,1-4H3,(H,21,24). The van der Waals surface area contributed by atoms with E-state index >= 15 is 0 Å². The number of sulfonamides is 1. The molecule has 1 saturated heterocycles. The molecule has 1 amide bonds. The lowest BCUT2D eigenvalue weighted by Gasteiger charge is -2.26. The zero-order valence-corrected chi connectivity index (χ0v) is 18.4. The fourth-order valence-corrected chi connectivity index (χ4v) is 5.76. The van der Waals surface area contributed by atoms with Crippen LogP contribution < -0.4 is 10.2 Å². The van der Waals surface area contributed by atoms with Crippen molar-refractivity contribution in [2.45, 2.75) is 38.0 Å². The first kappa shape index (κ1) is 20.8. The highest BCUT2D eigenvalue weighted by molar-refractivity contribution is 7.89. The predicted octanol–water partition coefficient (Wildman–Crippen LogP) is 3.86. The zero-order chi connectivity index (χ0) is 20.5. The Labute approximate surface area is 171 Å². The van der Waals surface area contributed by atoms with Gasteiger partial charge in [0.2, 0.25) is 10.0 Å². The Balaban J connectivity index is 1.94. The monoisotopic (exact) mass is 421 g/mol. The number of rotatable bonds is 5. The molecule has 1 aliphatic rings. The predicted molar refractivity (Wildman–Crippen MR) is 115 cm³/mol. The van der Waals surface area contributed by atoms with Gasteiger partial charge in [-0.1, -0.05) is 6.42 Å². The molecular weight excluding hydrogens is 394 g/mol. The van der Waals surface area contributed by atoms with E-state index in [1.807, 2.05) is 38.9 Å². The molecule has 0 spiro atoms. The average Bonchev–Trinajstić information content (AvgIpc) is 3.01. The summed E-state index contributed by atoms with van der Waals surface area (Å²) >= 11 is 1.44. The Morgan fingerprint density at radius 1 is 1.11 bits per heavy atom. The lowest BCUT2D eigenvalue weighted by molar-refractivity contribution is 0.103. The maximum absolute atomic E-state index is 13.0. The van der Waals surface area contributed by atoms with E-state index in [1.165, 1.54) is 11.3 Å². The molecular formula is C20H27N3O3S2. The molecule has 1 fully saturated rings. The van der Waals surface area contributed by atoms with Gasteiger partial charge in [-0.05, 0) is 56.5 Å². The van der Waals surface area contributed by atoms with Gasteiger partial charge in [-0.15, -0.1) is 11.3 Å². The summed E-state index contributed by atoms with van der Waals surface area (Å²) in [6.07, 6.45) is 2.83. The molecule has 0 bridgehead atoms. The Kier molecular flexibility index (Phi) is 6.12. The number of nitrogens with zero attached hydrogens (tertiary/aromatic N) is 2. The molecule has 6 nitrogen and oxygen atoms in total. The minimum absolute atomic E-state index is 0.217. The van der Waals surface area contributed by atoms with Gasteiger partial charge < -0.3 is 10.2 Å². The second-order valence-corrected chi connectivity index (χ2v) is 10.5. The Morgan fingerprint density at radius 2 is 1.79 bits per heavy atom. The number of piperidine rings is 1. The first-order valence-electron chi connectivity index (χ1n) is 9.40. The van der Waals surface area contributed by atoms with Crippen LogP contribution in [-0.4, -0.2) is 45.8 Å². The second kappa shape index (κ2) is 8.23. The smallest absolute Gasteiger partial charge is 0.265 e. The molecule has 0 unspecified atom stereocenters. The minimum atomic E-state index is -3.56. The Morgan fingerprint density at radius 3 is 2.36 bits per heavy atom. The van der Waals surface area contributed by atoms with E-state index in [4.69, 9.17) is 0 Å². The summed E-state index contributed by atoms with van der Waals surface area (Å²) in [6, 6.07) is 6.80. The van der Waals surface area contributed by atoms with Crippen LogP contribution in [0.2, 0.25) is 0 Å². The Hall–Kier alpha value is -1.90. The normalized spacial score (nSPS) is 15.4. The molecule has 8 heteroatoms. The van der Waals surface area contributed by atoms with Crippen molar-refractivity contribution in [1.29, 1.82) is 0 Å². The summed E-state index contributed by atoms with van der Waals surface area (Å²) in [6.45, 7) is 5.05. The number of benzene rings is 1. The number of thiophene rings is 1. The van der Waals surface area contributed by atoms with Gasteiger partial charge in [-0.25, -0.2) is 8.42 Å². The van der Waals surface area contributed by atoms with Crippen molar-refractivity contribution in [3.8, 4) is 0 Å². The SMILES string of the molecule is Cc1cc(C(=O)Nc2cc(S(=O)(=O)N3CCCCC3)ccc2N(C)C)sc1C. The van der Waals surface area contributed by atoms with E-state index in [0.717, 1.165) is 35.4 Å². The van der Waals surface area contributed by atoms with Crippen molar-refractivity contribution in [2.75, 3.05) is 37.4 Å². The summed E-state index contributed by atoms with van der Waals surface area (Å²) in [5.74, 6) is -0.225. The molecule has 2 aromatic rings. The Bertz CT molecular complexity index is 955. The van der Waals surface area contributed by atoms with Gasteiger partial charge >= 0.3 is 0 Å². The number of amides is 1. The summed E-state index contributed by atoms with van der Waals surface area (Å²) in [7, 11) is 0.165. The highest BCUT2D eigenvalue weighted by atomic mass is 32.2. The van der Waals surface area contributed by atoms with E-state index < -0.39 is 10.0 Å². The molecule has 1 aromatic carbocycles. The highest BCUT2D eigenvalue weighted by Crippen LogP contribution is 2.31. The third-order valence-electron chi connectivity index (χ3n) is 5.04. The fourth-order valence-electron chi connectivity index (χ4n) is 3.29. The summed E-state index contributed by atoms with van der Waals surface area (Å²) in [5.41, 5.74) is 2.33. The fraction of sp³-hybridized carbons (Fsp3) is 0.450. The average molecular weight is 422 g/mol. The number of aryl methyl sites for hydroxylation is 2. The summed E-state index contributed by atoms with van der Waals surface area (Å²) < 4.78 is 27.6. The quantitative estimate of drug-likeness (QED) is 0.796. The first-order chi connectivity index (χ1) is 13.2. The molecule has 0 atom stereocenters. The number of hydrogen-bond acceptors (Lipinski definition) is 5. The van der Waals surface area contributed by atoms with Crippen LogP contribution >= 0.6 is 11.3 Å². The highest BCUT2D eigenvalue weighted by Gasteiger charge is 2.27. The first-order valence-corrected chi connectivity index (χ1v) is 11.7. The molecule has 1 aromatic heterocycles. The van der Waals surface area contributed by atoms with Gasteiger partial charge in [-0.2, -0.15) is 4.31 Å². The van der Waals surface area contributed by atoms with E-state index in [9.17, 15) is 13.2 Å². The number of anilines is 2. The molecule has 152 valence electrons. The van der Waals surface area contributed by atoms with Crippen LogP contribution in [0.3, 0.4) is 0 Å². The van der Waals surface area contributed by atoms with Crippen LogP contribution in [0.4, 0.5) is 11.4 Å².